The molecule has 0 aromatic heterocycles. The summed E-state index contributed by atoms with van der Waals surface area (Å²) in [5.41, 5.74) is 0.707. The molecule has 0 aliphatic rings. The van der Waals surface area contributed by atoms with Crippen molar-refractivity contribution < 1.29 is 14.7 Å². The van der Waals surface area contributed by atoms with Gasteiger partial charge in [-0.2, -0.15) is 0 Å². The van der Waals surface area contributed by atoms with Crippen LogP contribution in [0.2, 0.25) is 0 Å². The van der Waals surface area contributed by atoms with Gasteiger partial charge < -0.3 is 14.7 Å². The molecule has 0 fully saturated rings. The molecule has 0 spiro atoms. The molecule has 0 atom stereocenters. The molecule has 0 unspecified atom stereocenters. The van der Waals surface area contributed by atoms with Crippen LogP contribution in [0.15, 0.2) is 23.4 Å². The SMILES string of the molecule is CCOc1ccc(/C=N\O)c(OC)c1. The first kappa shape index (κ1) is 10.4. The summed E-state index contributed by atoms with van der Waals surface area (Å²) in [4.78, 5) is 0. The van der Waals surface area contributed by atoms with E-state index in [9.17, 15) is 0 Å². The molecular formula is C10H13NO3. The number of oxime groups is 1. The van der Waals surface area contributed by atoms with Crippen molar-refractivity contribution in [3.8, 4) is 11.5 Å². The maximum Gasteiger partial charge on any atom is 0.131 e. The van der Waals surface area contributed by atoms with Crippen LogP contribution in [0.4, 0.5) is 0 Å². The van der Waals surface area contributed by atoms with Crippen LogP contribution in [0.1, 0.15) is 12.5 Å². The molecule has 1 rings (SSSR count). The predicted octanol–water partition coefficient (Wildman–Crippen LogP) is 1.90. The highest BCUT2D eigenvalue weighted by molar-refractivity contribution is 5.83. The van der Waals surface area contributed by atoms with Gasteiger partial charge in [0.25, 0.3) is 0 Å². The maximum absolute atomic E-state index is 8.39. The molecule has 0 saturated carbocycles. The van der Waals surface area contributed by atoms with Crippen LogP contribution in [0, 0.1) is 0 Å². The Labute approximate surface area is 82.8 Å². The van der Waals surface area contributed by atoms with Gasteiger partial charge in [0.1, 0.15) is 11.5 Å². The van der Waals surface area contributed by atoms with Crippen LogP contribution < -0.4 is 9.47 Å². The smallest absolute Gasteiger partial charge is 0.131 e. The average molecular weight is 195 g/mol. The number of hydrogen-bond donors (Lipinski definition) is 1. The Morgan fingerprint density at radius 2 is 2.29 bits per heavy atom. The Kier molecular flexibility index (Phi) is 3.79. The largest absolute Gasteiger partial charge is 0.496 e. The van der Waals surface area contributed by atoms with Gasteiger partial charge in [-0.15, -0.1) is 0 Å². The topological polar surface area (TPSA) is 51.0 Å². The van der Waals surface area contributed by atoms with Crippen molar-refractivity contribution in [2.24, 2.45) is 5.16 Å². The first-order valence-corrected chi connectivity index (χ1v) is 4.30. The van der Waals surface area contributed by atoms with Crippen LogP contribution in [-0.4, -0.2) is 25.1 Å². The van der Waals surface area contributed by atoms with Crippen molar-refractivity contribution >= 4 is 6.21 Å². The Balaban J connectivity index is 2.98. The van der Waals surface area contributed by atoms with Gasteiger partial charge in [-0.3, -0.25) is 0 Å². The highest BCUT2D eigenvalue weighted by atomic mass is 16.5. The summed E-state index contributed by atoms with van der Waals surface area (Å²) in [6.45, 7) is 2.52. The predicted molar refractivity (Wildman–Crippen MR) is 53.5 cm³/mol. The zero-order chi connectivity index (χ0) is 10.4. The summed E-state index contributed by atoms with van der Waals surface area (Å²) < 4.78 is 10.4. The number of benzene rings is 1. The number of ether oxygens (including phenoxy) is 2. The van der Waals surface area contributed by atoms with Gasteiger partial charge in [0.2, 0.25) is 0 Å². The van der Waals surface area contributed by atoms with Crippen LogP contribution >= 0.6 is 0 Å². The fourth-order valence-corrected chi connectivity index (χ4v) is 1.12. The Morgan fingerprint density at radius 1 is 1.50 bits per heavy atom. The summed E-state index contributed by atoms with van der Waals surface area (Å²) in [7, 11) is 1.56. The molecular weight excluding hydrogens is 182 g/mol. The van der Waals surface area contributed by atoms with Crippen molar-refractivity contribution in [1.82, 2.24) is 0 Å². The highest BCUT2D eigenvalue weighted by Crippen LogP contribution is 2.23. The second kappa shape index (κ2) is 5.11. The van der Waals surface area contributed by atoms with Crippen molar-refractivity contribution in [2.75, 3.05) is 13.7 Å². The number of methoxy groups -OCH3 is 1. The van der Waals surface area contributed by atoms with E-state index in [0.29, 0.717) is 17.9 Å². The Morgan fingerprint density at radius 3 is 2.86 bits per heavy atom. The zero-order valence-electron chi connectivity index (χ0n) is 8.23. The van der Waals surface area contributed by atoms with Gasteiger partial charge in [0.15, 0.2) is 0 Å². The van der Waals surface area contributed by atoms with E-state index in [4.69, 9.17) is 14.7 Å². The molecule has 4 heteroatoms. The molecule has 1 aromatic rings. The van der Waals surface area contributed by atoms with Crippen molar-refractivity contribution in [3.05, 3.63) is 23.8 Å². The third-order valence-electron chi connectivity index (χ3n) is 1.71. The van der Waals surface area contributed by atoms with E-state index in [-0.39, 0.29) is 0 Å². The standard InChI is InChI=1S/C10H13NO3/c1-3-14-9-5-4-8(7-11-12)10(6-9)13-2/h4-7,12H,3H2,1-2H3/b11-7-. The molecule has 0 aliphatic heterocycles. The van der Waals surface area contributed by atoms with E-state index in [2.05, 4.69) is 5.16 Å². The van der Waals surface area contributed by atoms with Crippen LogP contribution in [0.3, 0.4) is 0 Å². The Hall–Kier alpha value is -1.71. The maximum atomic E-state index is 8.39. The molecule has 1 N–H and O–H groups in total. The van der Waals surface area contributed by atoms with E-state index in [0.717, 1.165) is 5.75 Å². The summed E-state index contributed by atoms with van der Waals surface area (Å²) in [5, 5.41) is 11.3. The highest BCUT2D eigenvalue weighted by Gasteiger charge is 2.02. The minimum atomic E-state index is 0.608. The van der Waals surface area contributed by atoms with E-state index in [1.807, 2.05) is 6.92 Å². The second-order valence-corrected chi connectivity index (χ2v) is 2.58. The van der Waals surface area contributed by atoms with Gasteiger partial charge in [-0.1, -0.05) is 5.16 Å². The third kappa shape index (κ3) is 2.39. The summed E-state index contributed by atoms with van der Waals surface area (Å²) in [6, 6.07) is 5.31. The zero-order valence-corrected chi connectivity index (χ0v) is 8.23. The van der Waals surface area contributed by atoms with Gasteiger partial charge in [0, 0.05) is 11.6 Å². The molecule has 0 aliphatic carbocycles. The molecule has 14 heavy (non-hydrogen) atoms. The van der Waals surface area contributed by atoms with Gasteiger partial charge in [-0.25, -0.2) is 0 Å². The van der Waals surface area contributed by atoms with Gasteiger partial charge in [0.05, 0.1) is 19.9 Å². The van der Waals surface area contributed by atoms with E-state index in [1.54, 1.807) is 25.3 Å². The number of rotatable bonds is 4. The lowest BCUT2D eigenvalue weighted by atomic mass is 10.2. The van der Waals surface area contributed by atoms with Gasteiger partial charge in [-0.05, 0) is 19.1 Å². The number of hydrogen-bond acceptors (Lipinski definition) is 4. The van der Waals surface area contributed by atoms with Crippen molar-refractivity contribution in [2.45, 2.75) is 6.92 Å². The molecule has 1 aromatic carbocycles. The number of nitrogens with zero attached hydrogens (tertiary/aromatic N) is 1. The first-order chi connectivity index (χ1) is 6.81. The summed E-state index contributed by atoms with van der Waals surface area (Å²) >= 11 is 0. The lowest BCUT2D eigenvalue weighted by Crippen LogP contribution is -1.95. The lowest BCUT2D eigenvalue weighted by molar-refractivity contribution is 0.321. The summed E-state index contributed by atoms with van der Waals surface area (Å²) in [6.07, 6.45) is 1.31. The first-order valence-electron chi connectivity index (χ1n) is 4.30. The normalized spacial score (nSPS) is 10.4. The quantitative estimate of drug-likeness (QED) is 0.453. The van der Waals surface area contributed by atoms with Crippen molar-refractivity contribution in [1.29, 1.82) is 0 Å². The second-order valence-electron chi connectivity index (χ2n) is 2.58. The van der Waals surface area contributed by atoms with Gasteiger partial charge >= 0.3 is 0 Å². The minimum absolute atomic E-state index is 0.608. The molecule has 0 amide bonds. The monoisotopic (exact) mass is 195 g/mol. The van der Waals surface area contributed by atoms with Crippen molar-refractivity contribution in [3.63, 3.8) is 0 Å². The molecule has 0 heterocycles. The molecule has 76 valence electrons. The molecule has 0 bridgehead atoms. The fraction of sp³-hybridized carbons (Fsp3) is 0.300. The summed E-state index contributed by atoms with van der Waals surface area (Å²) in [5.74, 6) is 1.35. The lowest BCUT2D eigenvalue weighted by Gasteiger charge is -2.07. The fourth-order valence-electron chi connectivity index (χ4n) is 1.12. The molecule has 0 saturated heterocycles. The van der Waals surface area contributed by atoms with E-state index >= 15 is 0 Å². The van der Waals surface area contributed by atoms with E-state index in [1.165, 1.54) is 6.21 Å². The van der Waals surface area contributed by atoms with Crippen LogP contribution in [0.5, 0.6) is 11.5 Å². The van der Waals surface area contributed by atoms with Crippen LogP contribution in [-0.2, 0) is 0 Å². The molecule has 0 radical (unpaired) electrons. The molecule has 4 nitrogen and oxygen atoms in total. The van der Waals surface area contributed by atoms with E-state index < -0.39 is 0 Å². The minimum Gasteiger partial charge on any atom is -0.496 e. The Bertz CT molecular complexity index is 323. The van der Waals surface area contributed by atoms with Crippen LogP contribution in [0.25, 0.3) is 0 Å². The third-order valence-corrected chi connectivity index (χ3v) is 1.71. The average Bonchev–Trinajstić information content (AvgIpc) is 2.21.